The molecule has 0 spiro atoms. The van der Waals surface area contributed by atoms with Crippen LogP contribution in [0.15, 0.2) is 48.5 Å². The van der Waals surface area contributed by atoms with Crippen LogP contribution in [0.3, 0.4) is 0 Å². The Kier molecular flexibility index (Phi) is 7.36. The fraction of sp³-hybridized carbons (Fsp3) is 0. The normalized spacial score (nSPS) is 10.9. The molecule has 0 unspecified atom stereocenters. The number of ether oxygens (including phenoxy) is 2. The standard InChI is InChI=1S/C26H10F8O6/c27-15-13(17(29)23(21(33)19(15)31)39-11-5-1-9(2-6-11)25(35)36)14-16(28)20(32)22(34)24(18(14)30)40-12-7-3-10(4-8-12)26(37)38/h1-8H,(H,35,36)(H,37,38). The van der Waals surface area contributed by atoms with Gasteiger partial charge in [0.05, 0.1) is 22.3 Å². The number of benzene rings is 4. The molecule has 0 bridgehead atoms. The Hall–Kier alpha value is -5.14. The summed E-state index contributed by atoms with van der Waals surface area (Å²) in [5.41, 5.74) is -4.65. The van der Waals surface area contributed by atoms with E-state index < -0.39 is 92.6 Å². The Morgan fingerprint density at radius 2 is 0.750 bits per heavy atom. The van der Waals surface area contributed by atoms with Crippen LogP contribution in [0.4, 0.5) is 35.1 Å². The molecule has 0 saturated heterocycles. The lowest BCUT2D eigenvalue weighted by Gasteiger charge is -2.17. The van der Waals surface area contributed by atoms with E-state index in [1.165, 1.54) is 0 Å². The van der Waals surface area contributed by atoms with Gasteiger partial charge in [0.25, 0.3) is 0 Å². The molecule has 0 aromatic heterocycles. The Labute approximate surface area is 217 Å². The van der Waals surface area contributed by atoms with Gasteiger partial charge >= 0.3 is 11.9 Å². The minimum Gasteiger partial charge on any atom is -0.478 e. The fourth-order valence-electron chi connectivity index (χ4n) is 3.41. The van der Waals surface area contributed by atoms with E-state index in [1.54, 1.807) is 0 Å². The van der Waals surface area contributed by atoms with Gasteiger partial charge in [-0.15, -0.1) is 0 Å². The minimum absolute atomic E-state index is 0.296. The van der Waals surface area contributed by atoms with Crippen molar-refractivity contribution in [1.82, 2.24) is 0 Å². The van der Waals surface area contributed by atoms with Crippen LogP contribution in [0.5, 0.6) is 23.0 Å². The third-order valence-corrected chi connectivity index (χ3v) is 5.34. The first-order valence-electron chi connectivity index (χ1n) is 10.6. The van der Waals surface area contributed by atoms with Gasteiger partial charge in [-0.05, 0) is 48.5 Å². The third-order valence-electron chi connectivity index (χ3n) is 5.34. The second-order valence-corrected chi connectivity index (χ2v) is 7.78. The summed E-state index contributed by atoms with van der Waals surface area (Å²) in [5, 5.41) is 17.8. The molecule has 40 heavy (non-hydrogen) atoms. The number of carboxylic acid groups (broad SMARTS) is 2. The highest BCUT2D eigenvalue weighted by Gasteiger charge is 2.35. The van der Waals surface area contributed by atoms with Gasteiger partial charge in [-0.3, -0.25) is 0 Å². The van der Waals surface area contributed by atoms with E-state index in [9.17, 15) is 35.9 Å². The highest BCUT2D eigenvalue weighted by molar-refractivity contribution is 5.88. The number of carboxylic acids is 2. The zero-order valence-electron chi connectivity index (χ0n) is 19.2. The molecule has 0 aliphatic heterocycles. The molecule has 0 aliphatic carbocycles. The molecule has 206 valence electrons. The van der Waals surface area contributed by atoms with Crippen LogP contribution in [-0.2, 0) is 0 Å². The quantitative estimate of drug-likeness (QED) is 0.136. The number of halogens is 8. The molecule has 6 nitrogen and oxygen atoms in total. The summed E-state index contributed by atoms with van der Waals surface area (Å²) in [7, 11) is 0. The summed E-state index contributed by atoms with van der Waals surface area (Å²) in [5.74, 6) is -26.6. The van der Waals surface area contributed by atoms with E-state index in [1.807, 2.05) is 0 Å². The molecule has 2 N–H and O–H groups in total. The lowest BCUT2D eigenvalue weighted by molar-refractivity contribution is 0.0686. The van der Waals surface area contributed by atoms with Gasteiger partial charge in [-0.1, -0.05) is 0 Å². The van der Waals surface area contributed by atoms with Crippen molar-refractivity contribution in [3.8, 4) is 34.1 Å². The van der Waals surface area contributed by atoms with Gasteiger partial charge in [0.15, 0.2) is 34.9 Å². The van der Waals surface area contributed by atoms with E-state index >= 15 is 8.78 Å². The highest BCUT2D eigenvalue weighted by atomic mass is 19.2. The van der Waals surface area contributed by atoms with Crippen molar-refractivity contribution in [3.63, 3.8) is 0 Å². The molecule has 4 rings (SSSR count). The van der Waals surface area contributed by atoms with Crippen LogP contribution in [0.2, 0.25) is 0 Å². The maximum absolute atomic E-state index is 15.3. The molecular formula is C26H10F8O6. The van der Waals surface area contributed by atoms with Crippen molar-refractivity contribution in [2.45, 2.75) is 0 Å². The number of hydrogen-bond donors (Lipinski definition) is 2. The summed E-state index contributed by atoms with van der Waals surface area (Å²) in [4.78, 5) is 21.9. The van der Waals surface area contributed by atoms with Gasteiger partial charge in [0.1, 0.15) is 11.5 Å². The van der Waals surface area contributed by atoms with E-state index in [-0.39, 0.29) is 11.1 Å². The van der Waals surface area contributed by atoms with Crippen LogP contribution in [0, 0.1) is 46.5 Å². The van der Waals surface area contributed by atoms with Crippen molar-refractivity contribution in [3.05, 3.63) is 106 Å². The van der Waals surface area contributed by atoms with Crippen LogP contribution in [0.25, 0.3) is 11.1 Å². The zero-order chi connectivity index (χ0) is 29.5. The second kappa shape index (κ2) is 10.6. The average Bonchev–Trinajstić information content (AvgIpc) is 2.93. The maximum Gasteiger partial charge on any atom is 0.335 e. The SMILES string of the molecule is O=C(O)c1ccc(Oc2c(F)c(F)c(F)c(-c3c(F)c(F)c(F)c(Oc4ccc(C(=O)O)cc4)c3F)c2F)cc1. The molecule has 0 amide bonds. The van der Waals surface area contributed by atoms with Crippen molar-refractivity contribution in [1.29, 1.82) is 0 Å². The predicted molar refractivity (Wildman–Crippen MR) is 118 cm³/mol. The van der Waals surface area contributed by atoms with Gasteiger partial charge < -0.3 is 19.7 Å². The Morgan fingerprint density at radius 3 is 1.02 bits per heavy atom. The van der Waals surface area contributed by atoms with Gasteiger partial charge in [0.2, 0.25) is 23.1 Å². The molecule has 0 fully saturated rings. The van der Waals surface area contributed by atoms with E-state index in [4.69, 9.17) is 19.7 Å². The van der Waals surface area contributed by atoms with E-state index in [0.29, 0.717) is 0 Å². The zero-order valence-corrected chi connectivity index (χ0v) is 19.2. The van der Waals surface area contributed by atoms with Crippen LogP contribution >= 0.6 is 0 Å². The molecule has 0 atom stereocenters. The molecule has 0 saturated carbocycles. The molecule has 0 heterocycles. The van der Waals surface area contributed by atoms with Gasteiger partial charge in [-0.2, -0.15) is 8.78 Å². The lowest BCUT2D eigenvalue weighted by Crippen LogP contribution is -2.09. The molecule has 0 radical (unpaired) electrons. The van der Waals surface area contributed by atoms with Gasteiger partial charge in [-0.25, -0.2) is 35.9 Å². The molecule has 4 aromatic rings. The molecule has 0 aliphatic rings. The fourth-order valence-corrected chi connectivity index (χ4v) is 3.41. The van der Waals surface area contributed by atoms with E-state index in [0.717, 1.165) is 48.5 Å². The topological polar surface area (TPSA) is 93.1 Å². The maximum atomic E-state index is 15.3. The molecular weight excluding hydrogens is 560 g/mol. The average molecular weight is 570 g/mol. The van der Waals surface area contributed by atoms with Crippen molar-refractivity contribution >= 4 is 11.9 Å². The first-order valence-corrected chi connectivity index (χ1v) is 10.6. The van der Waals surface area contributed by atoms with Gasteiger partial charge in [0, 0.05) is 0 Å². The Balaban J connectivity index is 1.88. The monoisotopic (exact) mass is 570 g/mol. The van der Waals surface area contributed by atoms with Crippen molar-refractivity contribution < 1.29 is 64.4 Å². The molecule has 4 aromatic carbocycles. The highest BCUT2D eigenvalue weighted by Crippen LogP contribution is 2.44. The predicted octanol–water partition coefficient (Wildman–Crippen LogP) is 7.45. The second-order valence-electron chi connectivity index (χ2n) is 7.78. The van der Waals surface area contributed by atoms with Crippen molar-refractivity contribution in [2.24, 2.45) is 0 Å². The lowest BCUT2D eigenvalue weighted by atomic mass is 10.0. The summed E-state index contributed by atoms with van der Waals surface area (Å²) in [6, 6.07) is 7.11. The third kappa shape index (κ3) is 4.86. The smallest absolute Gasteiger partial charge is 0.335 e. The summed E-state index contributed by atoms with van der Waals surface area (Å²) in [6.45, 7) is 0. The molecule has 14 heteroatoms. The van der Waals surface area contributed by atoms with Crippen molar-refractivity contribution in [2.75, 3.05) is 0 Å². The van der Waals surface area contributed by atoms with Crippen LogP contribution < -0.4 is 9.47 Å². The summed E-state index contributed by atoms with van der Waals surface area (Å²) in [6.07, 6.45) is 0. The number of carbonyl (C=O) groups is 2. The largest absolute Gasteiger partial charge is 0.478 e. The first-order chi connectivity index (χ1) is 18.8. The summed E-state index contributed by atoms with van der Waals surface area (Å²) < 4.78 is 127. The number of aromatic carboxylic acids is 2. The van der Waals surface area contributed by atoms with E-state index in [2.05, 4.69) is 0 Å². The number of hydrogen-bond acceptors (Lipinski definition) is 4. The minimum atomic E-state index is -2.54. The Bertz CT molecular complexity index is 1550. The van der Waals surface area contributed by atoms with Crippen LogP contribution in [0.1, 0.15) is 20.7 Å². The first kappa shape index (κ1) is 27.9. The summed E-state index contributed by atoms with van der Waals surface area (Å²) >= 11 is 0. The number of rotatable bonds is 7. The van der Waals surface area contributed by atoms with Crippen LogP contribution in [-0.4, -0.2) is 22.2 Å². The Morgan fingerprint density at radius 1 is 0.450 bits per heavy atom.